The van der Waals surface area contributed by atoms with E-state index in [1.54, 1.807) is 11.1 Å². The van der Waals surface area contributed by atoms with Crippen molar-refractivity contribution in [2.24, 2.45) is 0 Å². The molecule has 0 aliphatic rings. The number of hydrogen-bond donors (Lipinski definition) is 0. The fourth-order valence-electron chi connectivity index (χ4n) is 3.87. The maximum atomic E-state index is 2.42. The van der Waals surface area contributed by atoms with Crippen LogP contribution < -0.4 is 37.2 Å². The summed E-state index contributed by atoms with van der Waals surface area (Å²) in [4.78, 5) is 0. The molecule has 0 spiro atoms. The molecule has 5 heteroatoms. The van der Waals surface area contributed by atoms with Crippen LogP contribution in [-0.2, 0) is 21.7 Å². The van der Waals surface area contributed by atoms with Crippen molar-refractivity contribution in [1.29, 1.82) is 0 Å². The Morgan fingerprint density at radius 1 is 0.731 bits per heavy atom. The van der Waals surface area contributed by atoms with Gasteiger partial charge >= 0.3 is 21.7 Å². The zero-order valence-corrected chi connectivity index (χ0v) is 22.5. The van der Waals surface area contributed by atoms with Crippen LogP contribution in [0.5, 0.6) is 0 Å². The first kappa shape index (κ1) is 31.1. The van der Waals surface area contributed by atoms with E-state index in [-0.39, 0.29) is 68.5 Å². The van der Waals surface area contributed by atoms with E-state index in [0.29, 0.717) is 5.54 Å². The molecule has 1 atom stereocenters. The van der Waals surface area contributed by atoms with Crippen molar-refractivity contribution >= 4 is 9.52 Å². The molecule has 2 aromatic carbocycles. The summed E-state index contributed by atoms with van der Waals surface area (Å²) < 4.78 is 0. The molecule has 144 valence electrons. The summed E-state index contributed by atoms with van der Waals surface area (Å²) >= 11 is 0. The molecule has 0 saturated carbocycles. The van der Waals surface area contributed by atoms with Crippen molar-refractivity contribution in [3.63, 3.8) is 0 Å². The van der Waals surface area contributed by atoms with Gasteiger partial charge in [-0.3, -0.25) is 0 Å². The van der Waals surface area contributed by atoms with Crippen LogP contribution in [0.2, 0.25) is 5.54 Å². The van der Waals surface area contributed by atoms with E-state index in [4.69, 9.17) is 0 Å². The third-order valence-electron chi connectivity index (χ3n) is 5.20. The molecule has 2 aromatic rings. The van der Waals surface area contributed by atoms with Crippen LogP contribution in [0.3, 0.4) is 0 Å². The monoisotopic (exact) mass is 464 g/mol. The first-order valence-electron chi connectivity index (χ1n) is 8.53. The van der Waals surface area contributed by atoms with Gasteiger partial charge in [0, 0.05) is 9.52 Å². The second kappa shape index (κ2) is 12.8. The van der Waals surface area contributed by atoms with Crippen molar-refractivity contribution in [2.45, 2.75) is 66.5 Å². The summed E-state index contributed by atoms with van der Waals surface area (Å²) in [7, 11) is -0.214. The number of benzene rings is 1. The summed E-state index contributed by atoms with van der Waals surface area (Å²) in [6, 6.07) is 7.13. The number of aryl methyl sites for hydroxylation is 2. The van der Waals surface area contributed by atoms with Gasteiger partial charge in [-0.15, -0.1) is 5.56 Å². The molecule has 0 aromatic heterocycles. The van der Waals surface area contributed by atoms with Gasteiger partial charge in [0.2, 0.25) is 0 Å². The summed E-state index contributed by atoms with van der Waals surface area (Å²) in [5.41, 5.74) is 13.5. The van der Waals surface area contributed by atoms with E-state index < -0.39 is 0 Å². The van der Waals surface area contributed by atoms with Gasteiger partial charge in [0.15, 0.2) is 0 Å². The zero-order chi connectivity index (χ0) is 16.6. The Bertz CT molecular complexity index is 647. The Morgan fingerprint density at radius 2 is 1.12 bits per heavy atom. The molecule has 0 fully saturated rings. The molecular formula is C21H31Cl3SiTi. The van der Waals surface area contributed by atoms with E-state index in [1.807, 2.05) is 0 Å². The maximum absolute atomic E-state index is 2.42. The molecule has 2 rings (SSSR count). The largest absolute Gasteiger partial charge is 4.00 e. The van der Waals surface area contributed by atoms with Gasteiger partial charge in [-0.25, -0.2) is 0 Å². The molecule has 0 bridgehead atoms. The number of hydrogen-bond acceptors (Lipinski definition) is 0. The second-order valence-corrected chi connectivity index (χ2v) is 10.4. The molecule has 0 radical (unpaired) electrons. The van der Waals surface area contributed by atoms with Crippen molar-refractivity contribution in [1.82, 2.24) is 0 Å². The molecule has 0 aliphatic carbocycles. The summed E-state index contributed by atoms with van der Waals surface area (Å²) in [5.74, 6) is 0. The van der Waals surface area contributed by atoms with Gasteiger partial charge in [-0.2, -0.15) is 22.3 Å². The van der Waals surface area contributed by atoms with E-state index in [1.165, 1.54) is 33.4 Å². The molecular weight excluding hydrogens is 435 g/mol. The number of rotatable bonds is 4. The summed E-state index contributed by atoms with van der Waals surface area (Å²) in [6.45, 7) is 18.5. The number of halogens is 3. The van der Waals surface area contributed by atoms with Crippen LogP contribution >= 0.6 is 0 Å². The smallest absolute Gasteiger partial charge is 1.00 e. The van der Waals surface area contributed by atoms with Crippen LogP contribution in [0, 0.1) is 41.5 Å². The van der Waals surface area contributed by atoms with E-state index in [2.05, 4.69) is 73.6 Å². The van der Waals surface area contributed by atoms with Crippen molar-refractivity contribution in [3.05, 3.63) is 62.7 Å². The van der Waals surface area contributed by atoms with Crippen LogP contribution in [-0.4, -0.2) is 9.52 Å². The van der Waals surface area contributed by atoms with Crippen LogP contribution in [0.25, 0.3) is 0 Å². The normalized spacial score (nSPS) is 11.4. The van der Waals surface area contributed by atoms with E-state index >= 15 is 0 Å². The standard InChI is InChI=1S/C21H31Si.3ClH.Ti/c1-12(2)22-21(19-10-13(3)9-14(4)11-19)20-17(7)15(5)16(6)18(20)8;;;;/h9-12,21H,22H2,1-8H3;3*1H;/q-1;;;;+4/p-3. The van der Waals surface area contributed by atoms with Crippen molar-refractivity contribution in [3.8, 4) is 0 Å². The average Bonchev–Trinajstić information content (AvgIpc) is 2.59. The minimum absolute atomic E-state index is 0. The van der Waals surface area contributed by atoms with Gasteiger partial charge < -0.3 is 37.2 Å². The molecule has 0 heterocycles. The van der Waals surface area contributed by atoms with Crippen LogP contribution in [0.4, 0.5) is 0 Å². The van der Waals surface area contributed by atoms with E-state index in [0.717, 1.165) is 5.54 Å². The van der Waals surface area contributed by atoms with Gasteiger partial charge in [0.05, 0.1) is 0 Å². The Labute approximate surface area is 196 Å². The fourth-order valence-corrected chi connectivity index (χ4v) is 6.17. The van der Waals surface area contributed by atoms with Gasteiger partial charge in [0.25, 0.3) is 0 Å². The summed E-state index contributed by atoms with van der Waals surface area (Å²) in [5, 5.41) is 0. The molecule has 1 unspecified atom stereocenters. The Balaban J connectivity index is -0.00000132. The van der Waals surface area contributed by atoms with Crippen molar-refractivity contribution in [2.75, 3.05) is 0 Å². The predicted molar refractivity (Wildman–Crippen MR) is 102 cm³/mol. The van der Waals surface area contributed by atoms with Gasteiger partial charge in [-0.1, -0.05) is 82.0 Å². The fraction of sp³-hybridized carbons (Fsp3) is 0.476. The Kier molecular flexibility index (Phi) is 15.2. The topological polar surface area (TPSA) is 0 Å². The maximum Gasteiger partial charge on any atom is 4.00 e. The van der Waals surface area contributed by atoms with Crippen molar-refractivity contribution < 1.29 is 58.9 Å². The Morgan fingerprint density at radius 3 is 1.46 bits per heavy atom. The minimum Gasteiger partial charge on any atom is -1.00 e. The van der Waals surface area contributed by atoms with Gasteiger partial charge in [0.1, 0.15) is 0 Å². The Hall–Kier alpha value is 0.371. The van der Waals surface area contributed by atoms with Gasteiger partial charge in [-0.05, 0) is 19.4 Å². The second-order valence-electron chi connectivity index (χ2n) is 7.52. The SMILES string of the molecule is Cc1cc(C)cc(C([SiH2]C(C)C)[c-]2c(C)c(C)c(C)c2C)c1.[Cl-].[Cl-].[Cl-].[Ti+4]. The first-order valence-corrected chi connectivity index (χ1v) is 10.2. The third kappa shape index (κ3) is 6.76. The summed E-state index contributed by atoms with van der Waals surface area (Å²) in [6.07, 6.45) is 0. The van der Waals surface area contributed by atoms with E-state index in [9.17, 15) is 0 Å². The molecule has 0 amide bonds. The first-order chi connectivity index (χ1) is 10.2. The third-order valence-corrected chi connectivity index (χ3v) is 7.49. The van der Waals surface area contributed by atoms with Crippen LogP contribution in [0.1, 0.15) is 63.9 Å². The zero-order valence-electron chi connectivity index (χ0n) is 17.2. The molecule has 0 N–H and O–H groups in total. The quantitative estimate of drug-likeness (QED) is 0.323. The average molecular weight is 466 g/mol. The molecule has 26 heavy (non-hydrogen) atoms. The molecule has 0 aliphatic heterocycles. The predicted octanol–water partition coefficient (Wildman–Crippen LogP) is -3.65. The molecule has 0 nitrogen and oxygen atoms in total. The molecule has 0 saturated heterocycles. The minimum atomic E-state index is -0.214. The van der Waals surface area contributed by atoms with Crippen LogP contribution in [0.15, 0.2) is 18.2 Å².